The minimum Gasteiger partial charge on any atom is -0.397 e. The van der Waals surface area contributed by atoms with Crippen LogP contribution in [0, 0.1) is 0 Å². The van der Waals surface area contributed by atoms with Crippen LogP contribution in [0.2, 0.25) is 0 Å². The quantitative estimate of drug-likeness (QED) is 0.751. The molecule has 0 aliphatic carbocycles. The van der Waals surface area contributed by atoms with Gasteiger partial charge < -0.3 is 15.8 Å². The number of pyridine rings is 1. The van der Waals surface area contributed by atoms with Gasteiger partial charge in [-0.3, -0.25) is 4.79 Å². The van der Waals surface area contributed by atoms with Crippen LogP contribution in [0.3, 0.4) is 0 Å². The molecule has 5 nitrogen and oxygen atoms in total. The number of carbonyl (C=O) groups excluding carboxylic acids is 1. The van der Waals surface area contributed by atoms with Gasteiger partial charge in [0.15, 0.2) is 0 Å². The molecular weight excluding hydrogens is 334 g/mol. The molecule has 0 spiro atoms. The number of hydrogen-bond donors (Lipinski definition) is 2. The van der Waals surface area contributed by atoms with Gasteiger partial charge in [-0.15, -0.1) is 11.3 Å². The summed E-state index contributed by atoms with van der Waals surface area (Å²) in [4.78, 5) is 18.5. The Kier molecular flexibility index (Phi) is 4.31. The van der Waals surface area contributed by atoms with E-state index >= 15 is 0 Å². The van der Waals surface area contributed by atoms with E-state index in [9.17, 15) is 4.79 Å². The van der Waals surface area contributed by atoms with E-state index in [1.807, 2.05) is 12.1 Å². The molecular formula is C19H21N3O2S. The Morgan fingerprint density at radius 2 is 2.32 bits per heavy atom. The average Bonchev–Trinajstić information content (AvgIpc) is 3.26. The first-order valence-corrected chi connectivity index (χ1v) is 9.49. The fourth-order valence-electron chi connectivity index (χ4n) is 3.23. The van der Waals surface area contributed by atoms with Gasteiger partial charge in [0.05, 0.1) is 17.3 Å². The van der Waals surface area contributed by atoms with Gasteiger partial charge in [0.25, 0.3) is 5.91 Å². The number of aromatic nitrogens is 1. The van der Waals surface area contributed by atoms with E-state index in [2.05, 4.69) is 29.4 Å². The third-order valence-electron chi connectivity index (χ3n) is 4.71. The molecule has 1 saturated heterocycles. The molecule has 0 unspecified atom stereocenters. The maximum Gasteiger partial charge on any atom is 0.263 e. The number of carbonyl (C=O) groups is 1. The van der Waals surface area contributed by atoms with Crippen LogP contribution in [0.15, 0.2) is 24.3 Å². The number of aryl methyl sites for hydroxylation is 1. The lowest BCUT2D eigenvalue weighted by Crippen LogP contribution is -2.31. The monoisotopic (exact) mass is 355 g/mol. The van der Waals surface area contributed by atoms with Crippen molar-refractivity contribution in [3.63, 3.8) is 0 Å². The van der Waals surface area contributed by atoms with Gasteiger partial charge in [-0.1, -0.05) is 13.0 Å². The smallest absolute Gasteiger partial charge is 0.263 e. The molecule has 1 fully saturated rings. The van der Waals surface area contributed by atoms with E-state index in [0.717, 1.165) is 47.0 Å². The summed E-state index contributed by atoms with van der Waals surface area (Å²) in [5, 5.41) is 4.85. The maximum atomic E-state index is 12.5. The number of nitrogens with zero attached hydrogens (tertiary/aromatic N) is 1. The molecule has 2 aromatic heterocycles. The van der Waals surface area contributed by atoms with E-state index in [4.69, 9.17) is 10.5 Å². The molecule has 1 atom stereocenters. The fraction of sp³-hybridized carbons (Fsp3) is 0.368. The number of benzene rings is 1. The molecule has 3 heterocycles. The molecule has 1 amide bonds. The SMILES string of the molecule is CCc1ccc2nc3sc(C(=O)NC[C@H]4CCCO4)c(N)c3cc2c1. The molecule has 0 radical (unpaired) electrons. The van der Waals surface area contributed by atoms with Gasteiger partial charge in [0.1, 0.15) is 9.71 Å². The summed E-state index contributed by atoms with van der Waals surface area (Å²) in [6.45, 7) is 3.44. The second kappa shape index (κ2) is 6.61. The molecule has 1 aromatic carbocycles. The van der Waals surface area contributed by atoms with E-state index in [1.54, 1.807) is 0 Å². The Hall–Kier alpha value is -2.18. The van der Waals surface area contributed by atoms with Gasteiger partial charge >= 0.3 is 0 Å². The van der Waals surface area contributed by atoms with Crippen LogP contribution in [0.25, 0.3) is 21.1 Å². The van der Waals surface area contributed by atoms with Crippen molar-refractivity contribution < 1.29 is 9.53 Å². The third kappa shape index (κ3) is 3.07. The molecule has 25 heavy (non-hydrogen) atoms. The summed E-state index contributed by atoms with van der Waals surface area (Å²) in [6, 6.07) is 8.30. The maximum absolute atomic E-state index is 12.5. The predicted molar refractivity (Wildman–Crippen MR) is 102 cm³/mol. The van der Waals surface area contributed by atoms with Gasteiger partial charge in [0, 0.05) is 23.9 Å². The lowest BCUT2D eigenvalue weighted by molar-refractivity contribution is 0.0862. The summed E-state index contributed by atoms with van der Waals surface area (Å²) in [5.74, 6) is -0.144. The molecule has 4 rings (SSSR count). The van der Waals surface area contributed by atoms with E-state index in [-0.39, 0.29) is 12.0 Å². The third-order valence-corrected chi connectivity index (χ3v) is 5.82. The molecule has 3 N–H and O–H groups in total. The minimum atomic E-state index is -0.144. The van der Waals surface area contributed by atoms with Crippen LogP contribution in [-0.4, -0.2) is 30.1 Å². The number of hydrogen-bond acceptors (Lipinski definition) is 5. The fourth-order valence-corrected chi connectivity index (χ4v) is 4.23. The summed E-state index contributed by atoms with van der Waals surface area (Å²) >= 11 is 1.35. The number of thiophene rings is 1. The minimum absolute atomic E-state index is 0.118. The Balaban J connectivity index is 1.66. The van der Waals surface area contributed by atoms with E-state index in [0.29, 0.717) is 17.1 Å². The number of anilines is 1. The molecule has 130 valence electrons. The standard InChI is InChI=1S/C19H21N3O2S/c1-2-11-5-6-15-12(8-11)9-14-16(20)17(25-19(14)22-15)18(23)21-10-13-4-3-7-24-13/h5-6,8-9,13H,2-4,7,10,20H2,1H3,(H,21,23)/t13-/m1/s1. The summed E-state index contributed by atoms with van der Waals surface area (Å²) in [6.07, 6.45) is 3.15. The topological polar surface area (TPSA) is 77.2 Å². The Morgan fingerprint density at radius 1 is 1.44 bits per heavy atom. The van der Waals surface area contributed by atoms with Crippen molar-refractivity contribution >= 4 is 44.1 Å². The highest BCUT2D eigenvalue weighted by Crippen LogP contribution is 2.34. The van der Waals surface area contributed by atoms with Gasteiger partial charge in [-0.25, -0.2) is 4.98 Å². The highest BCUT2D eigenvalue weighted by Gasteiger charge is 2.20. The number of nitrogens with two attached hydrogens (primary N) is 1. The summed E-state index contributed by atoms with van der Waals surface area (Å²) < 4.78 is 5.55. The number of amides is 1. The van der Waals surface area contributed by atoms with E-state index in [1.165, 1.54) is 16.9 Å². The number of fused-ring (bicyclic) bond motifs is 2. The van der Waals surface area contributed by atoms with Crippen LogP contribution < -0.4 is 11.1 Å². The lowest BCUT2D eigenvalue weighted by atomic mass is 10.1. The zero-order chi connectivity index (χ0) is 17.4. The van der Waals surface area contributed by atoms with E-state index < -0.39 is 0 Å². The van der Waals surface area contributed by atoms with Crippen molar-refractivity contribution in [2.24, 2.45) is 0 Å². The molecule has 3 aromatic rings. The number of nitrogen functional groups attached to an aromatic ring is 1. The molecule has 0 saturated carbocycles. The number of rotatable bonds is 4. The second-order valence-corrected chi connectivity index (χ2v) is 7.41. The van der Waals surface area contributed by atoms with Crippen molar-refractivity contribution in [3.8, 4) is 0 Å². The molecule has 6 heteroatoms. The number of ether oxygens (including phenoxy) is 1. The first-order chi connectivity index (χ1) is 12.2. The summed E-state index contributed by atoms with van der Waals surface area (Å²) in [5.41, 5.74) is 8.97. The van der Waals surface area contributed by atoms with Crippen LogP contribution in [0.1, 0.15) is 35.0 Å². The van der Waals surface area contributed by atoms with Crippen LogP contribution in [0.5, 0.6) is 0 Å². The molecule has 1 aliphatic rings. The van der Waals surface area contributed by atoms with Crippen molar-refractivity contribution in [1.82, 2.24) is 10.3 Å². The zero-order valence-corrected chi connectivity index (χ0v) is 15.0. The van der Waals surface area contributed by atoms with Crippen LogP contribution in [-0.2, 0) is 11.2 Å². The van der Waals surface area contributed by atoms with Crippen molar-refractivity contribution in [3.05, 3.63) is 34.7 Å². The first-order valence-electron chi connectivity index (χ1n) is 8.67. The zero-order valence-electron chi connectivity index (χ0n) is 14.2. The van der Waals surface area contributed by atoms with Crippen molar-refractivity contribution in [2.75, 3.05) is 18.9 Å². The number of nitrogens with one attached hydrogen (secondary N) is 1. The van der Waals surface area contributed by atoms with Gasteiger partial charge in [-0.2, -0.15) is 0 Å². The van der Waals surface area contributed by atoms with Crippen LogP contribution >= 0.6 is 11.3 Å². The first kappa shape index (κ1) is 16.3. The Bertz CT molecular complexity index is 945. The molecule has 1 aliphatic heterocycles. The van der Waals surface area contributed by atoms with Crippen molar-refractivity contribution in [1.29, 1.82) is 0 Å². The normalized spacial score (nSPS) is 17.4. The summed E-state index contributed by atoms with van der Waals surface area (Å²) in [7, 11) is 0. The highest BCUT2D eigenvalue weighted by atomic mass is 32.1. The highest BCUT2D eigenvalue weighted by molar-refractivity contribution is 7.21. The second-order valence-electron chi connectivity index (χ2n) is 6.41. The predicted octanol–water partition coefficient (Wildman–Crippen LogP) is 3.50. The van der Waals surface area contributed by atoms with Crippen molar-refractivity contribution in [2.45, 2.75) is 32.3 Å². The van der Waals surface area contributed by atoms with Crippen LogP contribution in [0.4, 0.5) is 5.69 Å². The van der Waals surface area contributed by atoms with Gasteiger partial charge in [-0.05, 0) is 43.0 Å². The average molecular weight is 355 g/mol. The Labute approximate surface area is 150 Å². The largest absolute Gasteiger partial charge is 0.397 e. The van der Waals surface area contributed by atoms with Gasteiger partial charge in [0.2, 0.25) is 0 Å². The Morgan fingerprint density at radius 3 is 3.08 bits per heavy atom. The molecule has 0 bridgehead atoms. The lowest BCUT2D eigenvalue weighted by Gasteiger charge is -2.10.